The third-order valence-corrected chi connectivity index (χ3v) is 2.50. The molecule has 1 amide bonds. The smallest absolute Gasteiger partial charge is 0.236 e. The molecule has 0 saturated carbocycles. The molecule has 1 aromatic carbocycles. The third kappa shape index (κ3) is 3.64. The highest BCUT2D eigenvalue weighted by Gasteiger charge is 2.10. The van der Waals surface area contributed by atoms with Gasteiger partial charge in [-0.25, -0.2) is 0 Å². The van der Waals surface area contributed by atoms with Gasteiger partial charge in [-0.3, -0.25) is 4.79 Å². The molecule has 5 heteroatoms. The van der Waals surface area contributed by atoms with Crippen LogP contribution in [-0.2, 0) is 11.3 Å². The van der Waals surface area contributed by atoms with Crippen molar-refractivity contribution in [1.82, 2.24) is 10.6 Å². The van der Waals surface area contributed by atoms with Gasteiger partial charge in [0.05, 0.1) is 13.2 Å². The van der Waals surface area contributed by atoms with Gasteiger partial charge in [-0.2, -0.15) is 0 Å². The lowest BCUT2D eigenvalue weighted by molar-refractivity contribution is -0.122. The molecule has 17 heavy (non-hydrogen) atoms. The molecule has 5 nitrogen and oxygen atoms in total. The highest BCUT2D eigenvalue weighted by Crippen LogP contribution is 2.26. The molecule has 0 aliphatic carbocycles. The van der Waals surface area contributed by atoms with E-state index in [1.807, 2.05) is 6.07 Å². The second kappa shape index (κ2) is 6.10. The number of nitrogens with one attached hydrogen (secondary N) is 2. The van der Waals surface area contributed by atoms with Gasteiger partial charge >= 0.3 is 0 Å². The Labute approximate surface area is 101 Å². The summed E-state index contributed by atoms with van der Waals surface area (Å²) in [5, 5.41) is 15.2. The molecule has 0 spiro atoms. The summed E-state index contributed by atoms with van der Waals surface area (Å²) >= 11 is 0. The van der Waals surface area contributed by atoms with Crippen molar-refractivity contribution in [1.29, 1.82) is 0 Å². The fourth-order valence-electron chi connectivity index (χ4n) is 1.43. The lowest BCUT2D eigenvalue weighted by atomic mass is 10.2. The number of rotatable bonds is 5. The van der Waals surface area contributed by atoms with E-state index in [-0.39, 0.29) is 17.7 Å². The zero-order chi connectivity index (χ0) is 12.8. The molecule has 1 rings (SSSR count). The molecular formula is C12H18N2O3. The van der Waals surface area contributed by atoms with Crippen LogP contribution in [0.25, 0.3) is 0 Å². The summed E-state index contributed by atoms with van der Waals surface area (Å²) in [7, 11) is 3.10. The van der Waals surface area contributed by atoms with Crippen molar-refractivity contribution in [3.05, 3.63) is 23.8 Å². The number of carbonyl (C=O) groups excluding carboxylic acids is 1. The Morgan fingerprint density at radius 1 is 1.53 bits per heavy atom. The van der Waals surface area contributed by atoms with Crippen LogP contribution in [0.2, 0.25) is 0 Å². The van der Waals surface area contributed by atoms with Crippen LogP contribution in [0.15, 0.2) is 18.2 Å². The molecule has 0 aromatic heterocycles. The number of likely N-dealkylation sites (N-methyl/N-ethyl adjacent to an activating group) is 1. The van der Waals surface area contributed by atoms with E-state index in [4.69, 9.17) is 4.74 Å². The number of hydrogen-bond donors (Lipinski definition) is 3. The molecular weight excluding hydrogens is 220 g/mol. The Kier molecular flexibility index (Phi) is 4.78. The number of benzene rings is 1. The first kappa shape index (κ1) is 13.3. The summed E-state index contributed by atoms with van der Waals surface area (Å²) < 4.78 is 4.95. The van der Waals surface area contributed by atoms with E-state index in [2.05, 4.69) is 10.6 Å². The number of methoxy groups -OCH3 is 1. The highest BCUT2D eigenvalue weighted by molar-refractivity contribution is 5.80. The van der Waals surface area contributed by atoms with E-state index in [1.165, 1.54) is 7.11 Å². The van der Waals surface area contributed by atoms with Crippen molar-refractivity contribution in [3.8, 4) is 11.5 Å². The molecule has 3 N–H and O–H groups in total. The van der Waals surface area contributed by atoms with Crippen molar-refractivity contribution in [2.75, 3.05) is 14.2 Å². The van der Waals surface area contributed by atoms with Crippen molar-refractivity contribution in [3.63, 3.8) is 0 Å². The van der Waals surface area contributed by atoms with Gasteiger partial charge in [0, 0.05) is 13.6 Å². The van der Waals surface area contributed by atoms with Crippen LogP contribution in [0.5, 0.6) is 11.5 Å². The number of phenols is 1. The minimum Gasteiger partial charge on any atom is -0.504 e. The summed E-state index contributed by atoms with van der Waals surface area (Å²) in [6, 6.07) is 4.87. The lowest BCUT2D eigenvalue weighted by Gasteiger charge is -2.12. The lowest BCUT2D eigenvalue weighted by Crippen LogP contribution is -2.40. The van der Waals surface area contributed by atoms with Gasteiger partial charge in [0.25, 0.3) is 0 Å². The Balaban J connectivity index is 2.58. The van der Waals surface area contributed by atoms with E-state index in [9.17, 15) is 9.90 Å². The molecule has 94 valence electrons. The first-order valence-corrected chi connectivity index (χ1v) is 5.39. The van der Waals surface area contributed by atoms with Crippen molar-refractivity contribution < 1.29 is 14.6 Å². The zero-order valence-corrected chi connectivity index (χ0v) is 10.3. The van der Waals surface area contributed by atoms with Crippen LogP contribution in [0.4, 0.5) is 0 Å². The number of phenolic OH excluding ortho intramolecular Hbond substituents is 1. The van der Waals surface area contributed by atoms with Crippen molar-refractivity contribution >= 4 is 5.91 Å². The average Bonchev–Trinajstić information content (AvgIpc) is 2.35. The molecule has 0 aliphatic heterocycles. The highest BCUT2D eigenvalue weighted by atomic mass is 16.5. The maximum Gasteiger partial charge on any atom is 0.236 e. The number of amides is 1. The van der Waals surface area contributed by atoms with Crippen LogP contribution in [0, 0.1) is 0 Å². The van der Waals surface area contributed by atoms with Crippen LogP contribution in [0.1, 0.15) is 12.5 Å². The van der Waals surface area contributed by atoms with E-state index in [0.29, 0.717) is 12.3 Å². The first-order chi connectivity index (χ1) is 8.08. The molecule has 1 atom stereocenters. The van der Waals surface area contributed by atoms with Gasteiger partial charge in [0.2, 0.25) is 5.91 Å². The number of ether oxygens (including phenoxy) is 1. The van der Waals surface area contributed by atoms with Gasteiger partial charge in [-0.05, 0) is 24.6 Å². The number of aromatic hydroxyl groups is 1. The maximum absolute atomic E-state index is 11.3. The summed E-state index contributed by atoms with van der Waals surface area (Å²) in [6.45, 7) is 2.29. The number of carbonyl (C=O) groups is 1. The predicted octanol–water partition coefficient (Wildman–Crippen LogP) is 0.625. The van der Waals surface area contributed by atoms with Crippen LogP contribution in [-0.4, -0.2) is 31.2 Å². The summed E-state index contributed by atoms with van der Waals surface area (Å²) in [6.07, 6.45) is 0. The minimum absolute atomic E-state index is 0.0669. The van der Waals surface area contributed by atoms with E-state index in [1.54, 1.807) is 26.1 Å². The SMILES string of the molecule is CNC(=O)C(C)NCc1ccc(OC)c(O)c1. The molecule has 0 aliphatic rings. The topological polar surface area (TPSA) is 70.6 Å². The summed E-state index contributed by atoms with van der Waals surface area (Å²) in [4.78, 5) is 11.3. The maximum atomic E-state index is 11.3. The normalized spacial score (nSPS) is 11.9. The first-order valence-electron chi connectivity index (χ1n) is 5.39. The van der Waals surface area contributed by atoms with Gasteiger partial charge in [-0.1, -0.05) is 6.07 Å². The second-order valence-corrected chi connectivity index (χ2v) is 3.72. The van der Waals surface area contributed by atoms with Gasteiger partial charge in [0.1, 0.15) is 0 Å². The molecule has 0 fully saturated rings. The monoisotopic (exact) mass is 238 g/mol. The molecule has 0 heterocycles. The van der Waals surface area contributed by atoms with Crippen molar-refractivity contribution in [2.45, 2.75) is 19.5 Å². The standard InChI is InChI=1S/C12H18N2O3/c1-8(12(16)13-2)14-7-9-4-5-11(17-3)10(15)6-9/h4-6,8,14-15H,7H2,1-3H3,(H,13,16). The average molecular weight is 238 g/mol. The Bertz CT molecular complexity index is 393. The molecule has 0 saturated heterocycles. The fraction of sp³-hybridized carbons (Fsp3) is 0.417. The van der Waals surface area contributed by atoms with Gasteiger partial charge in [-0.15, -0.1) is 0 Å². The second-order valence-electron chi connectivity index (χ2n) is 3.72. The van der Waals surface area contributed by atoms with Gasteiger partial charge < -0.3 is 20.5 Å². The molecule has 0 bridgehead atoms. The number of hydrogen-bond acceptors (Lipinski definition) is 4. The van der Waals surface area contributed by atoms with Crippen LogP contribution < -0.4 is 15.4 Å². The third-order valence-electron chi connectivity index (χ3n) is 2.50. The Morgan fingerprint density at radius 3 is 2.76 bits per heavy atom. The van der Waals surface area contributed by atoms with Gasteiger partial charge in [0.15, 0.2) is 11.5 Å². The zero-order valence-electron chi connectivity index (χ0n) is 10.3. The summed E-state index contributed by atoms with van der Waals surface area (Å²) in [5.41, 5.74) is 0.888. The molecule has 1 unspecified atom stereocenters. The fourth-order valence-corrected chi connectivity index (χ4v) is 1.43. The van der Waals surface area contributed by atoms with E-state index >= 15 is 0 Å². The van der Waals surface area contributed by atoms with E-state index in [0.717, 1.165) is 5.56 Å². The summed E-state index contributed by atoms with van der Waals surface area (Å²) in [5.74, 6) is 0.468. The van der Waals surface area contributed by atoms with Crippen LogP contribution >= 0.6 is 0 Å². The van der Waals surface area contributed by atoms with Crippen molar-refractivity contribution in [2.24, 2.45) is 0 Å². The predicted molar refractivity (Wildman–Crippen MR) is 65.0 cm³/mol. The van der Waals surface area contributed by atoms with Crippen LogP contribution in [0.3, 0.4) is 0 Å². The Hall–Kier alpha value is -1.75. The van der Waals surface area contributed by atoms with E-state index < -0.39 is 0 Å². The Morgan fingerprint density at radius 2 is 2.24 bits per heavy atom. The quantitative estimate of drug-likeness (QED) is 0.703. The molecule has 1 aromatic rings. The minimum atomic E-state index is -0.274. The molecule has 0 radical (unpaired) electrons. The largest absolute Gasteiger partial charge is 0.504 e.